The van der Waals surface area contributed by atoms with Gasteiger partial charge in [-0.25, -0.2) is 0 Å². The summed E-state index contributed by atoms with van der Waals surface area (Å²) in [6.45, 7) is 0. The Balaban J connectivity index is 2.07. The van der Waals surface area contributed by atoms with E-state index in [4.69, 9.17) is 4.42 Å². The Hall–Kier alpha value is -3.07. The molecule has 106 valence electrons. The summed E-state index contributed by atoms with van der Waals surface area (Å²) in [7, 11) is 0. The van der Waals surface area contributed by atoms with E-state index < -0.39 is 0 Å². The Morgan fingerprint density at radius 1 is 0.818 bits per heavy atom. The van der Waals surface area contributed by atoms with Crippen molar-refractivity contribution in [2.24, 2.45) is 0 Å². The molecule has 1 N–H and O–H groups in total. The van der Waals surface area contributed by atoms with Gasteiger partial charge < -0.3 is 9.52 Å². The van der Waals surface area contributed by atoms with Crippen LogP contribution >= 0.6 is 0 Å². The molecule has 1 aliphatic carbocycles. The molecule has 3 nitrogen and oxygen atoms in total. The van der Waals surface area contributed by atoms with Crippen molar-refractivity contribution in [3.63, 3.8) is 0 Å². The molecule has 0 amide bonds. The first-order valence-corrected chi connectivity index (χ1v) is 6.97. The molecule has 3 heteroatoms. The number of fused-ring (bicyclic) bond motifs is 2. The van der Waals surface area contributed by atoms with Crippen molar-refractivity contribution in [2.75, 3.05) is 0 Å². The van der Waals surface area contributed by atoms with E-state index in [0.717, 1.165) is 27.7 Å². The number of hydrogen-bond donors (Lipinski definition) is 1. The van der Waals surface area contributed by atoms with E-state index in [1.54, 1.807) is 30.3 Å². The third-order valence-electron chi connectivity index (χ3n) is 3.73. The Labute approximate surface area is 126 Å². The second kappa shape index (κ2) is 4.74. The summed E-state index contributed by atoms with van der Waals surface area (Å²) in [4.78, 5) is 12.0. The lowest BCUT2D eigenvalue weighted by atomic mass is 9.96. The van der Waals surface area contributed by atoms with Crippen LogP contribution in [0.2, 0.25) is 0 Å². The van der Waals surface area contributed by atoms with Crippen LogP contribution in [0.4, 0.5) is 0 Å². The van der Waals surface area contributed by atoms with Crippen molar-refractivity contribution >= 4 is 11.0 Å². The lowest BCUT2D eigenvalue weighted by molar-refractivity contribution is 0.475. The van der Waals surface area contributed by atoms with Crippen molar-refractivity contribution in [1.82, 2.24) is 0 Å². The molecule has 0 fully saturated rings. The lowest BCUT2D eigenvalue weighted by Crippen LogP contribution is -2.01. The normalized spacial score (nSPS) is 11.1. The molecule has 1 heterocycles. The number of rotatable bonds is 1. The molecule has 22 heavy (non-hydrogen) atoms. The summed E-state index contributed by atoms with van der Waals surface area (Å²) in [5, 5.41) is 10.4. The lowest BCUT2D eigenvalue weighted by Gasteiger charge is -2.12. The molecule has 0 saturated carbocycles. The fourth-order valence-corrected chi connectivity index (χ4v) is 2.68. The molecule has 0 spiro atoms. The molecule has 0 radical (unpaired) electrons. The minimum Gasteiger partial charge on any atom is -0.508 e. The van der Waals surface area contributed by atoms with Gasteiger partial charge in [-0.05, 0) is 41.5 Å². The average molecular weight is 288 g/mol. The van der Waals surface area contributed by atoms with Crippen molar-refractivity contribution in [3.8, 4) is 28.2 Å². The van der Waals surface area contributed by atoms with Crippen LogP contribution in [0.1, 0.15) is 0 Å². The second-order valence-corrected chi connectivity index (χ2v) is 5.21. The van der Waals surface area contributed by atoms with E-state index in [2.05, 4.69) is 0 Å². The second-order valence-electron chi connectivity index (χ2n) is 5.21. The minimum absolute atomic E-state index is 0.102. The Kier molecular flexibility index (Phi) is 2.73. The molecule has 2 aromatic rings. The molecular formula is C19H12O3. The van der Waals surface area contributed by atoms with Gasteiger partial charge >= 0.3 is 0 Å². The number of hydrogen-bond acceptors (Lipinski definition) is 3. The number of para-hydroxylation sites is 1. The van der Waals surface area contributed by atoms with Crippen LogP contribution in [0, 0.1) is 0 Å². The quantitative estimate of drug-likeness (QED) is 0.532. The van der Waals surface area contributed by atoms with Gasteiger partial charge in [0.15, 0.2) is 5.43 Å². The van der Waals surface area contributed by atoms with Gasteiger partial charge in [0.05, 0.1) is 0 Å². The van der Waals surface area contributed by atoms with E-state index in [1.165, 1.54) is 6.07 Å². The maximum absolute atomic E-state index is 12.0. The topological polar surface area (TPSA) is 50.4 Å². The van der Waals surface area contributed by atoms with Crippen molar-refractivity contribution in [3.05, 3.63) is 77.0 Å². The van der Waals surface area contributed by atoms with Gasteiger partial charge in [0.2, 0.25) is 0 Å². The van der Waals surface area contributed by atoms with E-state index in [1.807, 2.05) is 30.3 Å². The molecule has 0 unspecified atom stereocenters. The van der Waals surface area contributed by atoms with Crippen LogP contribution in [-0.4, -0.2) is 5.11 Å². The van der Waals surface area contributed by atoms with Gasteiger partial charge in [0, 0.05) is 17.0 Å². The van der Waals surface area contributed by atoms with Crippen LogP contribution in [0.25, 0.3) is 33.4 Å². The van der Waals surface area contributed by atoms with Gasteiger partial charge in [0.1, 0.15) is 17.1 Å². The summed E-state index contributed by atoms with van der Waals surface area (Å²) in [6, 6.07) is 19.6. The van der Waals surface area contributed by atoms with Crippen LogP contribution < -0.4 is 5.43 Å². The van der Waals surface area contributed by atoms with Gasteiger partial charge in [-0.1, -0.05) is 30.3 Å². The molecule has 0 aromatic heterocycles. The summed E-state index contributed by atoms with van der Waals surface area (Å²) < 4.78 is 5.86. The predicted octanol–water partition coefficient (Wildman–Crippen LogP) is 4.27. The van der Waals surface area contributed by atoms with Crippen molar-refractivity contribution in [2.45, 2.75) is 0 Å². The molecule has 0 atom stereocenters. The number of aromatic hydroxyl groups is 1. The zero-order valence-corrected chi connectivity index (χ0v) is 11.6. The molecule has 0 bridgehead atoms. The summed E-state index contributed by atoms with van der Waals surface area (Å²) in [5.74, 6) is 0.760. The smallest absolute Gasteiger partial charge is 0.183 e. The molecule has 2 aromatic carbocycles. The van der Waals surface area contributed by atoms with E-state index in [0.29, 0.717) is 5.76 Å². The van der Waals surface area contributed by atoms with Gasteiger partial charge in [-0.3, -0.25) is 4.79 Å². The molecule has 4 rings (SSSR count). The highest BCUT2D eigenvalue weighted by molar-refractivity contribution is 5.89. The van der Waals surface area contributed by atoms with Gasteiger partial charge in [-0.2, -0.15) is 0 Å². The molecular weight excluding hydrogens is 276 g/mol. The third kappa shape index (κ3) is 2.04. The largest absolute Gasteiger partial charge is 0.508 e. The van der Waals surface area contributed by atoms with E-state index in [9.17, 15) is 9.90 Å². The number of phenolic OH excluding ortho intramolecular Hbond substituents is 1. The number of benzene rings is 3. The monoisotopic (exact) mass is 288 g/mol. The highest BCUT2D eigenvalue weighted by Crippen LogP contribution is 2.35. The van der Waals surface area contributed by atoms with Crippen LogP contribution in [0.3, 0.4) is 0 Å². The standard InChI is InChI=1S/C19H12O3/c20-14-7-5-12(6-8-14)16-10-15(21)11-19-17(16)9-13-3-1-2-4-18(13)22-19/h1-11,20H. The zero-order chi connectivity index (χ0) is 15.1. The fourth-order valence-electron chi connectivity index (χ4n) is 2.68. The molecule has 1 aliphatic heterocycles. The van der Waals surface area contributed by atoms with Gasteiger partial charge in [0.25, 0.3) is 0 Å². The van der Waals surface area contributed by atoms with Crippen LogP contribution in [0.5, 0.6) is 5.75 Å². The van der Waals surface area contributed by atoms with E-state index >= 15 is 0 Å². The summed E-state index contributed by atoms with van der Waals surface area (Å²) in [6.07, 6.45) is 0. The van der Waals surface area contributed by atoms with E-state index in [-0.39, 0.29) is 11.2 Å². The summed E-state index contributed by atoms with van der Waals surface area (Å²) in [5.41, 5.74) is 3.19. The Morgan fingerprint density at radius 2 is 1.59 bits per heavy atom. The van der Waals surface area contributed by atoms with Crippen molar-refractivity contribution < 1.29 is 9.52 Å². The van der Waals surface area contributed by atoms with Crippen molar-refractivity contribution in [1.29, 1.82) is 0 Å². The van der Waals surface area contributed by atoms with Crippen LogP contribution in [-0.2, 0) is 0 Å². The average Bonchev–Trinajstić information content (AvgIpc) is 2.53. The zero-order valence-electron chi connectivity index (χ0n) is 11.6. The Bertz CT molecular complexity index is 997. The summed E-state index contributed by atoms with van der Waals surface area (Å²) >= 11 is 0. The highest BCUT2D eigenvalue weighted by atomic mass is 16.3. The van der Waals surface area contributed by atoms with Gasteiger partial charge in [-0.15, -0.1) is 0 Å². The highest BCUT2D eigenvalue weighted by Gasteiger charge is 2.14. The maximum atomic E-state index is 12.0. The molecule has 2 aliphatic rings. The first kappa shape index (κ1) is 12.7. The first-order valence-electron chi connectivity index (χ1n) is 6.97. The predicted molar refractivity (Wildman–Crippen MR) is 86.2 cm³/mol. The minimum atomic E-state index is -0.102. The Morgan fingerprint density at radius 3 is 2.41 bits per heavy atom. The third-order valence-corrected chi connectivity index (χ3v) is 3.73. The molecule has 0 saturated heterocycles. The SMILES string of the molecule is O=c1cc2oc3ccccc3cc-2c(-c2ccc(O)cc2)c1. The maximum Gasteiger partial charge on any atom is 0.183 e. The first-order chi connectivity index (χ1) is 10.7. The number of phenols is 1. The van der Waals surface area contributed by atoms with Crippen LogP contribution in [0.15, 0.2) is 75.9 Å². The fraction of sp³-hybridized carbons (Fsp3) is 0.